The van der Waals surface area contributed by atoms with Gasteiger partial charge in [-0.2, -0.15) is 0 Å². The summed E-state index contributed by atoms with van der Waals surface area (Å²) in [6.07, 6.45) is 2.43. The van der Waals surface area contributed by atoms with Gasteiger partial charge in [0.15, 0.2) is 0 Å². The van der Waals surface area contributed by atoms with E-state index >= 15 is 0 Å². The number of nitrogens with zero attached hydrogens (tertiary/aromatic N) is 1. The van der Waals surface area contributed by atoms with Crippen LogP contribution in [0.4, 0.5) is 5.69 Å². The molecule has 0 aliphatic carbocycles. The molecule has 2 N–H and O–H groups in total. The molecular weight excluding hydrogens is 422 g/mol. The summed E-state index contributed by atoms with van der Waals surface area (Å²) < 4.78 is 33.6. The van der Waals surface area contributed by atoms with E-state index in [1.54, 1.807) is 6.07 Å². The third-order valence-electron chi connectivity index (χ3n) is 4.15. The van der Waals surface area contributed by atoms with Crippen LogP contribution in [0.3, 0.4) is 0 Å². The third-order valence-corrected chi connectivity index (χ3v) is 6.51. The van der Waals surface area contributed by atoms with Gasteiger partial charge in [0.05, 0.1) is 10.6 Å². The number of aromatic nitrogens is 1. The Kier molecular flexibility index (Phi) is 4.98. The maximum absolute atomic E-state index is 12.8. The number of hydrogen-bond acceptors (Lipinski definition) is 5. The maximum Gasteiger partial charge on any atom is 0.242 e. The van der Waals surface area contributed by atoms with Crippen LogP contribution in [0, 0.1) is 0 Å². The molecule has 26 heavy (non-hydrogen) atoms. The molecule has 9 heteroatoms. The largest absolute Gasteiger partial charge is 0.364 e. The van der Waals surface area contributed by atoms with Gasteiger partial charge in [-0.25, -0.2) is 13.1 Å². The Hall–Kier alpha value is -1.71. The van der Waals surface area contributed by atoms with Crippen LogP contribution in [-0.4, -0.2) is 19.5 Å². The molecule has 0 bridgehead atoms. The smallest absolute Gasteiger partial charge is 0.242 e. The predicted octanol–water partition coefficient (Wildman–Crippen LogP) is 3.10. The number of anilines is 1. The second-order valence-corrected chi connectivity index (χ2v) is 9.84. The summed E-state index contributed by atoms with van der Waals surface area (Å²) in [5.41, 5.74) is 2.57. The van der Waals surface area contributed by atoms with Crippen molar-refractivity contribution in [3.05, 3.63) is 39.7 Å². The van der Waals surface area contributed by atoms with Crippen molar-refractivity contribution in [1.29, 1.82) is 0 Å². The van der Waals surface area contributed by atoms with Crippen molar-refractivity contribution in [3.63, 3.8) is 0 Å². The average Bonchev–Trinajstić information content (AvgIpc) is 3.01. The number of hydrogen-bond donors (Lipinski definition) is 2. The molecule has 7 nitrogen and oxygen atoms in total. The van der Waals surface area contributed by atoms with Crippen LogP contribution in [0.2, 0.25) is 0 Å². The number of nitrogens with one attached hydrogen (secondary N) is 2. The zero-order valence-corrected chi connectivity index (χ0v) is 17.1. The quantitative estimate of drug-likeness (QED) is 0.758. The van der Waals surface area contributed by atoms with Crippen LogP contribution in [0.25, 0.3) is 0 Å². The first-order valence-electron chi connectivity index (χ1n) is 8.13. The predicted molar refractivity (Wildman–Crippen MR) is 100 cm³/mol. The Labute approximate surface area is 160 Å². The van der Waals surface area contributed by atoms with Gasteiger partial charge in [-0.15, -0.1) is 0 Å². The second-order valence-electron chi connectivity index (χ2n) is 7.25. The highest BCUT2D eigenvalue weighted by molar-refractivity contribution is 9.10. The number of benzene rings is 1. The van der Waals surface area contributed by atoms with E-state index in [-0.39, 0.29) is 22.8 Å². The van der Waals surface area contributed by atoms with Crippen molar-refractivity contribution < 1.29 is 17.7 Å². The molecule has 2 heterocycles. The number of fused-ring (bicyclic) bond motifs is 1. The van der Waals surface area contributed by atoms with Gasteiger partial charge in [-0.3, -0.25) is 4.79 Å². The number of rotatable bonds is 4. The zero-order valence-electron chi connectivity index (χ0n) is 14.7. The Balaban J connectivity index is 1.86. The van der Waals surface area contributed by atoms with Crippen LogP contribution in [0.5, 0.6) is 0 Å². The first-order valence-corrected chi connectivity index (χ1v) is 10.4. The van der Waals surface area contributed by atoms with E-state index < -0.39 is 10.0 Å². The number of aryl methyl sites for hydroxylation is 1. The van der Waals surface area contributed by atoms with Crippen molar-refractivity contribution in [1.82, 2.24) is 9.88 Å². The number of carbonyl (C=O) groups is 1. The minimum atomic E-state index is -3.80. The van der Waals surface area contributed by atoms with Gasteiger partial charge in [0.1, 0.15) is 6.26 Å². The van der Waals surface area contributed by atoms with Crippen molar-refractivity contribution in [2.24, 2.45) is 0 Å². The molecule has 0 fully saturated rings. The molecule has 1 aliphatic heterocycles. The van der Waals surface area contributed by atoms with Crippen LogP contribution < -0.4 is 10.0 Å². The van der Waals surface area contributed by atoms with Crippen molar-refractivity contribution in [2.75, 3.05) is 5.32 Å². The van der Waals surface area contributed by atoms with Gasteiger partial charge >= 0.3 is 0 Å². The van der Waals surface area contributed by atoms with Crippen LogP contribution >= 0.6 is 15.9 Å². The number of sulfonamides is 1. The molecule has 0 unspecified atom stereocenters. The Bertz CT molecular complexity index is 961. The zero-order chi connectivity index (χ0) is 19.1. The number of carbonyl (C=O) groups excluding carboxylic acids is 1. The topological polar surface area (TPSA) is 101 Å². The number of halogens is 1. The van der Waals surface area contributed by atoms with Gasteiger partial charge in [0, 0.05) is 34.1 Å². The highest BCUT2D eigenvalue weighted by Crippen LogP contribution is 2.32. The normalized spacial score (nSPS) is 14.8. The summed E-state index contributed by atoms with van der Waals surface area (Å²) in [5, 5.41) is 6.70. The van der Waals surface area contributed by atoms with E-state index in [1.165, 1.54) is 12.3 Å². The fourth-order valence-corrected chi connectivity index (χ4v) is 4.96. The van der Waals surface area contributed by atoms with Crippen LogP contribution in [0.1, 0.15) is 44.0 Å². The molecule has 1 amide bonds. The van der Waals surface area contributed by atoms with E-state index in [9.17, 15) is 13.2 Å². The fourth-order valence-electron chi connectivity index (χ4n) is 2.84. The van der Waals surface area contributed by atoms with Crippen molar-refractivity contribution in [3.8, 4) is 0 Å². The Morgan fingerprint density at radius 2 is 2.04 bits per heavy atom. The lowest BCUT2D eigenvalue weighted by atomic mass is 9.90. The summed E-state index contributed by atoms with van der Waals surface area (Å²) >= 11 is 3.33. The standard InChI is InChI=1S/C17H20BrN3O4S/c1-17(2,3)16-11(9-25-21-16)8-19-26(23,24)14-7-13-10(6-12(14)18)4-5-15(22)20-13/h6-7,9,19H,4-5,8H2,1-3H3,(H,20,22). The van der Waals surface area contributed by atoms with E-state index in [0.717, 1.165) is 5.56 Å². The molecule has 3 rings (SSSR count). The molecule has 0 atom stereocenters. The lowest BCUT2D eigenvalue weighted by molar-refractivity contribution is -0.116. The minimum Gasteiger partial charge on any atom is -0.364 e. The molecule has 1 aromatic heterocycles. The summed E-state index contributed by atoms with van der Waals surface area (Å²) in [5.74, 6) is -0.115. The van der Waals surface area contributed by atoms with Gasteiger partial charge in [0.2, 0.25) is 15.9 Å². The fraction of sp³-hybridized carbons (Fsp3) is 0.412. The first-order chi connectivity index (χ1) is 12.1. The molecule has 1 aromatic carbocycles. The SMILES string of the molecule is CC(C)(C)c1nocc1CNS(=O)(=O)c1cc2c(cc1Br)CCC(=O)N2. The monoisotopic (exact) mass is 441 g/mol. The van der Waals surface area contributed by atoms with Crippen LogP contribution in [0.15, 0.2) is 32.3 Å². The van der Waals surface area contributed by atoms with E-state index in [2.05, 4.69) is 31.1 Å². The first kappa shape index (κ1) is 19.1. The van der Waals surface area contributed by atoms with Gasteiger partial charge in [-0.1, -0.05) is 25.9 Å². The maximum atomic E-state index is 12.8. The molecule has 2 aromatic rings. The second kappa shape index (κ2) is 6.79. The lowest BCUT2D eigenvalue weighted by Gasteiger charge is -2.19. The summed E-state index contributed by atoms with van der Waals surface area (Å²) in [6.45, 7) is 6.00. The summed E-state index contributed by atoms with van der Waals surface area (Å²) in [6, 6.07) is 3.22. The van der Waals surface area contributed by atoms with Crippen LogP contribution in [-0.2, 0) is 33.2 Å². The highest BCUT2D eigenvalue weighted by atomic mass is 79.9. The molecule has 140 valence electrons. The summed E-state index contributed by atoms with van der Waals surface area (Å²) in [7, 11) is -3.80. The average molecular weight is 442 g/mol. The van der Waals surface area contributed by atoms with E-state index in [0.29, 0.717) is 34.3 Å². The number of amides is 1. The van der Waals surface area contributed by atoms with Crippen molar-refractivity contribution >= 4 is 37.5 Å². The molecule has 0 saturated heterocycles. The van der Waals surface area contributed by atoms with E-state index in [1.807, 2.05) is 20.8 Å². The minimum absolute atomic E-state index is 0.0638. The van der Waals surface area contributed by atoms with E-state index in [4.69, 9.17) is 4.52 Å². The molecule has 0 saturated carbocycles. The Morgan fingerprint density at radius 3 is 2.73 bits per heavy atom. The molecule has 1 aliphatic rings. The lowest BCUT2D eigenvalue weighted by Crippen LogP contribution is -2.26. The Morgan fingerprint density at radius 1 is 1.31 bits per heavy atom. The molecular formula is C17H20BrN3O4S. The van der Waals surface area contributed by atoms with Gasteiger partial charge < -0.3 is 9.84 Å². The van der Waals surface area contributed by atoms with Gasteiger partial charge in [0.25, 0.3) is 0 Å². The van der Waals surface area contributed by atoms with Crippen molar-refractivity contribution in [2.45, 2.75) is 50.5 Å². The summed E-state index contributed by atoms with van der Waals surface area (Å²) in [4.78, 5) is 11.7. The van der Waals surface area contributed by atoms with Gasteiger partial charge in [-0.05, 0) is 40.0 Å². The molecule has 0 radical (unpaired) electrons. The third kappa shape index (κ3) is 3.84. The highest BCUT2D eigenvalue weighted by Gasteiger charge is 2.26. The molecule has 0 spiro atoms.